The fraction of sp³-hybridized carbons (Fsp3) is 0.250. The lowest BCUT2D eigenvalue weighted by molar-refractivity contribution is 0.102. The molecule has 21 heavy (non-hydrogen) atoms. The van der Waals surface area contributed by atoms with Crippen LogP contribution in [-0.4, -0.2) is 27.4 Å². The minimum Gasteiger partial charge on any atom is -0.395 e. The van der Waals surface area contributed by atoms with E-state index in [-0.39, 0.29) is 12.5 Å². The molecule has 1 aromatic carbocycles. The second kappa shape index (κ2) is 6.73. The van der Waals surface area contributed by atoms with Gasteiger partial charge in [0.15, 0.2) is 5.69 Å². The van der Waals surface area contributed by atoms with Crippen molar-refractivity contribution in [1.82, 2.24) is 9.78 Å². The average molecular weight is 283 g/mol. The van der Waals surface area contributed by atoms with E-state index in [1.54, 1.807) is 24.0 Å². The fourth-order valence-electron chi connectivity index (χ4n) is 1.78. The quantitative estimate of drug-likeness (QED) is 0.843. The number of hydrogen-bond donors (Lipinski definition) is 2. The van der Waals surface area contributed by atoms with Crippen molar-refractivity contribution in [3.8, 4) is 11.8 Å². The molecule has 0 aliphatic rings. The van der Waals surface area contributed by atoms with E-state index in [2.05, 4.69) is 22.3 Å². The zero-order chi connectivity index (χ0) is 15.2. The second-order valence-electron chi connectivity index (χ2n) is 4.63. The van der Waals surface area contributed by atoms with Gasteiger partial charge in [0.25, 0.3) is 5.91 Å². The number of aliphatic hydroxyl groups is 1. The first-order valence-corrected chi connectivity index (χ1v) is 6.61. The molecule has 0 radical (unpaired) electrons. The molecule has 0 unspecified atom stereocenters. The van der Waals surface area contributed by atoms with Crippen LogP contribution in [0.5, 0.6) is 0 Å². The number of benzene rings is 1. The fourth-order valence-corrected chi connectivity index (χ4v) is 1.78. The second-order valence-corrected chi connectivity index (χ2v) is 4.63. The largest absolute Gasteiger partial charge is 0.395 e. The van der Waals surface area contributed by atoms with Gasteiger partial charge < -0.3 is 10.4 Å². The van der Waals surface area contributed by atoms with Crippen LogP contribution in [0.4, 0.5) is 5.69 Å². The Hall–Kier alpha value is -2.58. The Morgan fingerprint density at radius 1 is 1.43 bits per heavy atom. The van der Waals surface area contributed by atoms with E-state index < -0.39 is 0 Å². The van der Waals surface area contributed by atoms with Crippen LogP contribution >= 0.6 is 0 Å². The van der Waals surface area contributed by atoms with Gasteiger partial charge >= 0.3 is 0 Å². The van der Waals surface area contributed by atoms with Crippen LogP contribution in [0.2, 0.25) is 0 Å². The summed E-state index contributed by atoms with van der Waals surface area (Å²) in [7, 11) is 1.76. The van der Waals surface area contributed by atoms with Crippen molar-refractivity contribution in [2.75, 3.05) is 11.9 Å². The summed E-state index contributed by atoms with van der Waals surface area (Å²) in [5.41, 5.74) is 2.83. The molecule has 0 aliphatic heterocycles. The highest BCUT2D eigenvalue weighted by molar-refractivity contribution is 6.03. The van der Waals surface area contributed by atoms with Gasteiger partial charge in [-0.25, -0.2) is 0 Å². The van der Waals surface area contributed by atoms with Crippen LogP contribution in [0, 0.1) is 18.8 Å². The summed E-state index contributed by atoms with van der Waals surface area (Å²) < 4.78 is 1.58. The van der Waals surface area contributed by atoms with E-state index in [1.165, 1.54) is 0 Å². The van der Waals surface area contributed by atoms with E-state index in [0.717, 1.165) is 11.1 Å². The van der Waals surface area contributed by atoms with Crippen molar-refractivity contribution in [3.63, 3.8) is 0 Å². The molecule has 1 heterocycles. The standard InChI is InChI=1S/C16H17N3O2/c1-12-6-7-13(5-3-4-10-20)11-15(12)17-16(21)14-8-9-19(2)18-14/h6-9,11,20H,4,10H2,1-2H3,(H,17,21). The molecule has 0 bridgehead atoms. The van der Waals surface area contributed by atoms with E-state index in [4.69, 9.17) is 5.11 Å². The number of rotatable bonds is 3. The van der Waals surface area contributed by atoms with Crippen molar-refractivity contribution in [3.05, 3.63) is 47.3 Å². The third-order valence-electron chi connectivity index (χ3n) is 2.90. The number of aryl methyl sites for hydroxylation is 2. The molecule has 0 aliphatic carbocycles. The van der Waals surface area contributed by atoms with Gasteiger partial charge in [-0.3, -0.25) is 9.48 Å². The molecular formula is C16H17N3O2. The van der Waals surface area contributed by atoms with Gasteiger partial charge in [-0.1, -0.05) is 17.9 Å². The maximum atomic E-state index is 12.1. The Morgan fingerprint density at radius 2 is 2.24 bits per heavy atom. The SMILES string of the molecule is Cc1ccc(C#CCCO)cc1NC(=O)c1ccn(C)n1. The first-order chi connectivity index (χ1) is 10.1. The number of aliphatic hydroxyl groups excluding tert-OH is 1. The third kappa shape index (κ3) is 3.94. The zero-order valence-corrected chi connectivity index (χ0v) is 12.1. The molecule has 5 nitrogen and oxygen atoms in total. The molecule has 2 N–H and O–H groups in total. The summed E-state index contributed by atoms with van der Waals surface area (Å²) in [4.78, 5) is 12.1. The van der Waals surface area contributed by atoms with Crippen LogP contribution in [0.3, 0.4) is 0 Å². The van der Waals surface area contributed by atoms with Crippen LogP contribution in [0.1, 0.15) is 28.0 Å². The van der Waals surface area contributed by atoms with Crippen molar-refractivity contribution in [2.45, 2.75) is 13.3 Å². The smallest absolute Gasteiger partial charge is 0.276 e. The topological polar surface area (TPSA) is 67.2 Å². The highest BCUT2D eigenvalue weighted by Crippen LogP contribution is 2.17. The minimum absolute atomic E-state index is 0.0438. The normalized spacial score (nSPS) is 9.86. The molecule has 0 saturated carbocycles. The van der Waals surface area contributed by atoms with Crippen LogP contribution < -0.4 is 5.32 Å². The van der Waals surface area contributed by atoms with Gasteiger partial charge in [-0.15, -0.1) is 0 Å². The van der Waals surface area contributed by atoms with Crippen LogP contribution in [-0.2, 0) is 7.05 Å². The number of amides is 1. The van der Waals surface area contributed by atoms with Crippen LogP contribution in [0.15, 0.2) is 30.5 Å². The first kappa shape index (κ1) is 14.8. The molecule has 1 amide bonds. The zero-order valence-electron chi connectivity index (χ0n) is 12.1. The number of anilines is 1. The maximum Gasteiger partial charge on any atom is 0.276 e. The van der Waals surface area contributed by atoms with Crippen molar-refractivity contribution in [1.29, 1.82) is 0 Å². The highest BCUT2D eigenvalue weighted by atomic mass is 16.2. The number of hydrogen-bond acceptors (Lipinski definition) is 3. The first-order valence-electron chi connectivity index (χ1n) is 6.61. The minimum atomic E-state index is -0.251. The lowest BCUT2D eigenvalue weighted by Gasteiger charge is -2.07. The summed E-state index contributed by atoms with van der Waals surface area (Å²) in [6, 6.07) is 7.27. The Balaban J connectivity index is 2.17. The summed E-state index contributed by atoms with van der Waals surface area (Å²) >= 11 is 0. The molecule has 2 aromatic rings. The van der Waals surface area contributed by atoms with Crippen LogP contribution in [0.25, 0.3) is 0 Å². The molecule has 5 heteroatoms. The van der Waals surface area contributed by atoms with Gasteiger partial charge in [0, 0.05) is 30.9 Å². The molecule has 0 saturated heterocycles. The molecule has 0 spiro atoms. The summed E-state index contributed by atoms with van der Waals surface area (Å²) in [5, 5.41) is 15.6. The number of carbonyl (C=O) groups excluding carboxylic acids is 1. The van der Waals surface area contributed by atoms with Crippen molar-refractivity contribution < 1.29 is 9.90 Å². The van der Waals surface area contributed by atoms with E-state index in [1.807, 2.05) is 25.1 Å². The predicted octanol–water partition coefficient (Wildman–Crippen LogP) is 1.71. The Kier molecular flexibility index (Phi) is 4.75. The van der Waals surface area contributed by atoms with Gasteiger partial charge in [-0.2, -0.15) is 5.10 Å². The molecule has 0 fully saturated rings. The van der Waals surface area contributed by atoms with E-state index >= 15 is 0 Å². The van der Waals surface area contributed by atoms with Crippen molar-refractivity contribution in [2.24, 2.45) is 7.05 Å². The van der Waals surface area contributed by atoms with Gasteiger partial charge in [0.05, 0.1) is 6.61 Å². The molecule has 0 atom stereocenters. The summed E-state index contributed by atoms with van der Waals surface area (Å²) in [6.07, 6.45) is 2.15. The Bertz CT molecular complexity index is 708. The molecule has 1 aromatic heterocycles. The average Bonchev–Trinajstić information content (AvgIpc) is 2.89. The number of carbonyl (C=O) groups is 1. The Morgan fingerprint density at radius 3 is 2.90 bits per heavy atom. The number of nitrogens with zero attached hydrogens (tertiary/aromatic N) is 2. The van der Waals surface area contributed by atoms with Gasteiger partial charge in [0.2, 0.25) is 0 Å². The number of nitrogens with one attached hydrogen (secondary N) is 1. The molecule has 108 valence electrons. The van der Waals surface area contributed by atoms with Gasteiger partial charge in [0.1, 0.15) is 0 Å². The molecular weight excluding hydrogens is 266 g/mol. The summed E-state index contributed by atoms with van der Waals surface area (Å²) in [5.74, 6) is 5.56. The van der Waals surface area contributed by atoms with E-state index in [0.29, 0.717) is 17.8 Å². The lowest BCUT2D eigenvalue weighted by atomic mass is 10.1. The van der Waals surface area contributed by atoms with E-state index in [9.17, 15) is 4.79 Å². The number of aromatic nitrogens is 2. The Labute approximate surface area is 123 Å². The predicted molar refractivity (Wildman–Crippen MR) is 80.9 cm³/mol. The lowest BCUT2D eigenvalue weighted by Crippen LogP contribution is -2.14. The highest BCUT2D eigenvalue weighted by Gasteiger charge is 2.10. The van der Waals surface area contributed by atoms with Gasteiger partial charge in [-0.05, 0) is 30.7 Å². The maximum absolute atomic E-state index is 12.1. The van der Waals surface area contributed by atoms with Crippen molar-refractivity contribution >= 4 is 11.6 Å². The third-order valence-corrected chi connectivity index (χ3v) is 2.90. The molecule has 2 rings (SSSR count). The monoisotopic (exact) mass is 283 g/mol. The summed E-state index contributed by atoms with van der Waals surface area (Å²) in [6.45, 7) is 1.96.